The van der Waals surface area contributed by atoms with E-state index in [4.69, 9.17) is 9.40 Å². The summed E-state index contributed by atoms with van der Waals surface area (Å²) in [5.41, 5.74) is 8.13. The molecule has 1 fully saturated rings. The van der Waals surface area contributed by atoms with Crippen molar-refractivity contribution >= 4 is 17.1 Å². The van der Waals surface area contributed by atoms with Crippen LogP contribution < -0.4 is 0 Å². The predicted molar refractivity (Wildman–Crippen MR) is 130 cm³/mol. The fraction of sp³-hybridized carbons (Fsp3) is 0.286. The molecule has 1 N–H and O–H groups in total. The van der Waals surface area contributed by atoms with Gasteiger partial charge in [0.25, 0.3) is 0 Å². The van der Waals surface area contributed by atoms with E-state index >= 15 is 0 Å². The van der Waals surface area contributed by atoms with Gasteiger partial charge in [0.15, 0.2) is 5.58 Å². The van der Waals surface area contributed by atoms with Crippen molar-refractivity contribution < 1.29 is 14.3 Å². The smallest absolute Gasteiger partial charge is 0.320 e. The minimum atomic E-state index is -0.731. The molecule has 4 aromatic rings. The first-order chi connectivity index (χ1) is 16.0. The molecule has 1 aromatic heterocycles. The number of hydrogen-bond donors (Lipinski definition) is 1. The minimum absolute atomic E-state index is 0.411. The number of oxazole rings is 1. The van der Waals surface area contributed by atoms with Crippen LogP contribution in [0, 0.1) is 13.8 Å². The zero-order chi connectivity index (χ0) is 22.9. The van der Waals surface area contributed by atoms with E-state index in [0.717, 1.165) is 58.3 Å². The molecular weight excluding hydrogens is 412 g/mol. The number of nitrogens with zero attached hydrogens (tertiary/aromatic N) is 2. The number of benzene rings is 3. The third kappa shape index (κ3) is 4.16. The van der Waals surface area contributed by atoms with Gasteiger partial charge in [0, 0.05) is 12.1 Å². The molecule has 0 unspecified atom stereocenters. The lowest BCUT2D eigenvalue weighted by Crippen LogP contribution is -2.44. The summed E-state index contributed by atoms with van der Waals surface area (Å²) in [7, 11) is 0. The molecule has 1 atom stereocenters. The number of likely N-dealkylation sites (tertiary alicyclic amines) is 1. The highest BCUT2D eigenvalue weighted by Gasteiger charge is 2.28. The lowest BCUT2D eigenvalue weighted by Gasteiger charge is -2.32. The van der Waals surface area contributed by atoms with Crippen molar-refractivity contribution in [2.75, 3.05) is 6.54 Å². The number of carboxylic acid groups (broad SMARTS) is 1. The number of piperidine rings is 1. The van der Waals surface area contributed by atoms with Crippen LogP contribution in [0.4, 0.5) is 0 Å². The summed E-state index contributed by atoms with van der Waals surface area (Å²) in [6.07, 6.45) is 2.72. The molecule has 1 saturated heterocycles. The summed E-state index contributed by atoms with van der Waals surface area (Å²) in [6.45, 7) is 5.55. The molecule has 1 aliphatic heterocycles. The SMILES string of the molecule is Cc1c(-c2ccccc2)cccc1-c1nc2cc(CN3CCCC[C@H]3C(=O)O)cc(C)c2o1. The van der Waals surface area contributed by atoms with Crippen LogP contribution in [0.3, 0.4) is 0 Å². The van der Waals surface area contributed by atoms with E-state index in [0.29, 0.717) is 18.9 Å². The molecule has 168 valence electrons. The number of rotatable bonds is 5. The van der Waals surface area contributed by atoms with Crippen molar-refractivity contribution in [1.82, 2.24) is 9.88 Å². The van der Waals surface area contributed by atoms with Gasteiger partial charge in [-0.1, -0.05) is 55.0 Å². The second-order valence-electron chi connectivity index (χ2n) is 8.94. The van der Waals surface area contributed by atoms with Gasteiger partial charge in [-0.2, -0.15) is 0 Å². The summed E-state index contributed by atoms with van der Waals surface area (Å²) in [6, 6.07) is 20.3. The number of aromatic nitrogens is 1. The third-order valence-corrected chi connectivity index (χ3v) is 6.67. The molecule has 5 nitrogen and oxygen atoms in total. The van der Waals surface area contributed by atoms with E-state index in [9.17, 15) is 9.90 Å². The van der Waals surface area contributed by atoms with Crippen molar-refractivity contribution in [2.24, 2.45) is 0 Å². The van der Waals surface area contributed by atoms with E-state index < -0.39 is 12.0 Å². The standard InChI is InChI=1S/C28H28N2O3/c1-18-15-20(17-30-14-7-6-13-25(30)28(31)32)16-24-26(18)33-27(29-24)23-12-8-11-22(19(23)2)21-9-4-3-5-10-21/h3-5,8-12,15-16,25H,6-7,13-14,17H2,1-2H3,(H,31,32)/t25-/m0/s1. The summed E-state index contributed by atoms with van der Waals surface area (Å²) in [4.78, 5) is 18.6. The maximum absolute atomic E-state index is 11.7. The Morgan fingerprint density at radius 1 is 1.06 bits per heavy atom. The highest BCUT2D eigenvalue weighted by Crippen LogP contribution is 2.34. The molecule has 0 bridgehead atoms. The van der Waals surface area contributed by atoms with Gasteiger partial charge in [0.2, 0.25) is 5.89 Å². The monoisotopic (exact) mass is 440 g/mol. The van der Waals surface area contributed by atoms with Gasteiger partial charge >= 0.3 is 5.97 Å². The molecule has 0 aliphatic carbocycles. The van der Waals surface area contributed by atoms with E-state index in [1.807, 2.05) is 43.3 Å². The maximum atomic E-state index is 11.7. The van der Waals surface area contributed by atoms with E-state index in [1.54, 1.807) is 0 Å². The second-order valence-corrected chi connectivity index (χ2v) is 8.94. The van der Waals surface area contributed by atoms with E-state index in [-0.39, 0.29) is 0 Å². The van der Waals surface area contributed by atoms with Gasteiger partial charge in [-0.15, -0.1) is 0 Å². The zero-order valence-electron chi connectivity index (χ0n) is 19.0. The predicted octanol–water partition coefficient (Wildman–Crippen LogP) is 6.22. The van der Waals surface area contributed by atoms with Gasteiger partial charge in [-0.25, -0.2) is 4.98 Å². The molecule has 0 saturated carbocycles. The fourth-order valence-electron chi connectivity index (χ4n) is 4.97. The molecule has 5 rings (SSSR count). The Labute approximate surface area is 193 Å². The molecule has 2 heterocycles. The molecule has 0 spiro atoms. The molecular formula is C28H28N2O3. The van der Waals surface area contributed by atoms with Crippen LogP contribution in [-0.4, -0.2) is 33.5 Å². The quantitative estimate of drug-likeness (QED) is 0.399. The van der Waals surface area contributed by atoms with Gasteiger partial charge in [0.1, 0.15) is 11.6 Å². The third-order valence-electron chi connectivity index (χ3n) is 6.67. The van der Waals surface area contributed by atoms with Crippen molar-refractivity contribution in [3.05, 3.63) is 77.4 Å². The fourth-order valence-corrected chi connectivity index (χ4v) is 4.97. The number of aryl methyl sites for hydroxylation is 1. The number of carboxylic acids is 1. The summed E-state index contributed by atoms with van der Waals surface area (Å²) < 4.78 is 6.24. The highest BCUT2D eigenvalue weighted by atomic mass is 16.4. The summed E-state index contributed by atoms with van der Waals surface area (Å²) in [5, 5.41) is 9.60. The lowest BCUT2D eigenvalue weighted by atomic mass is 9.96. The van der Waals surface area contributed by atoms with Crippen molar-refractivity contribution in [1.29, 1.82) is 0 Å². The Hall–Kier alpha value is -3.44. The van der Waals surface area contributed by atoms with Gasteiger partial charge in [-0.3, -0.25) is 9.69 Å². The van der Waals surface area contributed by atoms with Crippen molar-refractivity contribution in [2.45, 2.75) is 45.7 Å². The van der Waals surface area contributed by atoms with Gasteiger partial charge in [-0.05, 0) is 73.2 Å². The minimum Gasteiger partial charge on any atom is -0.480 e. The number of fused-ring (bicyclic) bond motifs is 1. The molecule has 0 radical (unpaired) electrons. The van der Waals surface area contributed by atoms with Crippen LogP contribution in [0.2, 0.25) is 0 Å². The Kier molecular flexibility index (Phi) is 5.73. The van der Waals surface area contributed by atoms with E-state index in [1.165, 1.54) is 5.56 Å². The molecule has 3 aromatic carbocycles. The Balaban J connectivity index is 1.50. The van der Waals surface area contributed by atoms with Crippen molar-refractivity contribution in [3.63, 3.8) is 0 Å². The zero-order valence-corrected chi connectivity index (χ0v) is 19.0. The van der Waals surface area contributed by atoms with Crippen LogP contribution in [0.15, 0.2) is 65.1 Å². The first-order valence-electron chi connectivity index (χ1n) is 11.5. The average Bonchev–Trinajstić information content (AvgIpc) is 3.24. The molecule has 33 heavy (non-hydrogen) atoms. The number of carbonyl (C=O) groups is 1. The average molecular weight is 441 g/mol. The van der Waals surface area contributed by atoms with Crippen LogP contribution in [0.1, 0.15) is 36.0 Å². The Morgan fingerprint density at radius 3 is 2.64 bits per heavy atom. The normalized spacial score (nSPS) is 16.8. The Morgan fingerprint density at radius 2 is 1.85 bits per heavy atom. The second kappa shape index (κ2) is 8.83. The highest BCUT2D eigenvalue weighted by molar-refractivity contribution is 5.82. The van der Waals surface area contributed by atoms with Crippen LogP contribution >= 0.6 is 0 Å². The van der Waals surface area contributed by atoms with Crippen LogP contribution in [-0.2, 0) is 11.3 Å². The van der Waals surface area contributed by atoms with Gasteiger partial charge < -0.3 is 9.52 Å². The number of hydrogen-bond acceptors (Lipinski definition) is 4. The van der Waals surface area contributed by atoms with Crippen LogP contribution in [0.25, 0.3) is 33.7 Å². The molecule has 5 heteroatoms. The van der Waals surface area contributed by atoms with Crippen LogP contribution in [0.5, 0.6) is 0 Å². The Bertz CT molecular complexity index is 1310. The molecule has 0 amide bonds. The largest absolute Gasteiger partial charge is 0.480 e. The van der Waals surface area contributed by atoms with Gasteiger partial charge in [0.05, 0.1) is 0 Å². The first-order valence-corrected chi connectivity index (χ1v) is 11.5. The molecule has 1 aliphatic rings. The number of aliphatic carboxylic acids is 1. The van der Waals surface area contributed by atoms with Crippen molar-refractivity contribution in [3.8, 4) is 22.6 Å². The topological polar surface area (TPSA) is 66.6 Å². The lowest BCUT2D eigenvalue weighted by molar-refractivity contribution is -0.144. The van der Waals surface area contributed by atoms with E-state index in [2.05, 4.69) is 36.1 Å². The summed E-state index contributed by atoms with van der Waals surface area (Å²) in [5.74, 6) is -0.119. The maximum Gasteiger partial charge on any atom is 0.320 e. The first kappa shape index (κ1) is 21.4. The summed E-state index contributed by atoms with van der Waals surface area (Å²) >= 11 is 0.